The first-order chi connectivity index (χ1) is 10.2. The summed E-state index contributed by atoms with van der Waals surface area (Å²) in [4.78, 5) is 10.6. The van der Waals surface area contributed by atoms with E-state index in [1.165, 1.54) is 19.0 Å². The van der Waals surface area contributed by atoms with Gasteiger partial charge in [0.05, 0.1) is 18.4 Å². The molecule has 1 fully saturated rings. The van der Waals surface area contributed by atoms with Crippen molar-refractivity contribution >= 4 is 5.82 Å². The lowest BCUT2D eigenvalue weighted by Gasteiger charge is -2.21. The van der Waals surface area contributed by atoms with Gasteiger partial charge in [0, 0.05) is 31.4 Å². The Morgan fingerprint density at radius 1 is 1.33 bits per heavy atom. The highest BCUT2D eigenvalue weighted by Gasteiger charge is 2.21. The summed E-state index contributed by atoms with van der Waals surface area (Å²) < 4.78 is 13.5. The zero-order valence-electron chi connectivity index (χ0n) is 12.1. The van der Waals surface area contributed by atoms with Gasteiger partial charge >= 0.3 is 0 Å². The molecule has 1 saturated carbocycles. The number of halogens is 1. The molecule has 0 spiro atoms. The quantitative estimate of drug-likeness (QED) is 0.886. The van der Waals surface area contributed by atoms with Crippen LogP contribution in [0.1, 0.15) is 24.1 Å². The fraction of sp³-hybridized carbons (Fsp3) is 0.375. The van der Waals surface area contributed by atoms with E-state index in [1.807, 2.05) is 30.1 Å². The second-order valence-electron chi connectivity index (χ2n) is 5.47. The summed E-state index contributed by atoms with van der Waals surface area (Å²) in [6.45, 7) is 1.30. The monoisotopic (exact) mass is 286 g/mol. The lowest BCUT2D eigenvalue weighted by atomic mass is 10.2. The molecule has 3 rings (SSSR count). The van der Waals surface area contributed by atoms with Gasteiger partial charge in [-0.2, -0.15) is 0 Å². The largest absolute Gasteiger partial charge is 0.354 e. The number of hydrogen-bond donors (Lipinski definition) is 1. The number of aromatic nitrogens is 2. The van der Waals surface area contributed by atoms with Crippen molar-refractivity contribution in [1.82, 2.24) is 15.3 Å². The zero-order chi connectivity index (χ0) is 14.7. The van der Waals surface area contributed by atoms with Crippen molar-refractivity contribution in [3.63, 3.8) is 0 Å². The number of anilines is 1. The smallest absolute Gasteiger partial charge is 0.141 e. The standard InChI is InChI=1S/C16H19FN4/c1-21(11-15-4-2-3-7-18-15)16-12(8-13(17)10-20-16)9-19-14-5-6-14/h2-4,7-8,10,14,19H,5-6,9,11H2,1H3. The summed E-state index contributed by atoms with van der Waals surface area (Å²) in [7, 11) is 1.95. The van der Waals surface area contributed by atoms with Crippen molar-refractivity contribution in [3.8, 4) is 0 Å². The Morgan fingerprint density at radius 2 is 2.19 bits per heavy atom. The van der Waals surface area contributed by atoms with Crippen molar-refractivity contribution in [1.29, 1.82) is 0 Å². The number of nitrogens with zero attached hydrogens (tertiary/aromatic N) is 3. The third-order valence-corrected chi connectivity index (χ3v) is 3.55. The maximum atomic E-state index is 13.5. The highest BCUT2D eigenvalue weighted by molar-refractivity contribution is 5.46. The molecule has 110 valence electrons. The van der Waals surface area contributed by atoms with E-state index in [-0.39, 0.29) is 5.82 Å². The number of nitrogens with one attached hydrogen (secondary N) is 1. The Hall–Kier alpha value is -2.01. The Morgan fingerprint density at radius 3 is 2.90 bits per heavy atom. The molecule has 0 aromatic carbocycles. The molecule has 21 heavy (non-hydrogen) atoms. The molecular weight excluding hydrogens is 267 g/mol. The third kappa shape index (κ3) is 3.76. The highest BCUT2D eigenvalue weighted by atomic mass is 19.1. The molecule has 0 bridgehead atoms. The van der Waals surface area contributed by atoms with Gasteiger partial charge in [0.2, 0.25) is 0 Å². The third-order valence-electron chi connectivity index (χ3n) is 3.55. The van der Waals surface area contributed by atoms with Crippen LogP contribution in [0.2, 0.25) is 0 Å². The van der Waals surface area contributed by atoms with Crippen molar-refractivity contribution in [2.24, 2.45) is 0 Å². The lowest BCUT2D eigenvalue weighted by molar-refractivity contribution is 0.610. The van der Waals surface area contributed by atoms with Crippen LogP contribution in [-0.2, 0) is 13.1 Å². The predicted octanol–water partition coefficient (Wildman–Crippen LogP) is 2.50. The first kappa shape index (κ1) is 13.9. The van der Waals surface area contributed by atoms with Crippen molar-refractivity contribution < 1.29 is 4.39 Å². The maximum Gasteiger partial charge on any atom is 0.141 e. The number of pyridine rings is 2. The lowest BCUT2D eigenvalue weighted by Crippen LogP contribution is -2.23. The minimum Gasteiger partial charge on any atom is -0.354 e. The molecule has 5 heteroatoms. The molecule has 1 aliphatic carbocycles. The first-order valence-corrected chi connectivity index (χ1v) is 7.21. The van der Waals surface area contributed by atoms with Crippen LogP contribution in [0.4, 0.5) is 10.2 Å². The molecule has 1 N–H and O–H groups in total. The molecule has 4 nitrogen and oxygen atoms in total. The van der Waals surface area contributed by atoms with Crippen molar-refractivity contribution in [3.05, 3.63) is 53.7 Å². The fourth-order valence-electron chi connectivity index (χ4n) is 2.30. The summed E-state index contributed by atoms with van der Waals surface area (Å²) in [5.41, 5.74) is 1.85. The van der Waals surface area contributed by atoms with Crippen LogP contribution in [0.5, 0.6) is 0 Å². The number of hydrogen-bond acceptors (Lipinski definition) is 4. The van der Waals surface area contributed by atoms with Crippen molar-refractivity contribution in [2.45, 2.75) is 32.0 Å². The zero-order valence-corrected chi connectivity index (χ0v) is 12.1. The molecule has 0 atom stereocenters. The van der Waals surface area contributed by atoms with Crippen LogP contribution in [0.3, 0.4) is 0 Å². The summed E-state index contributed by atoms with van der Waals surface area (Å²) in [6, 6.07) is 7.98. The van der Waals surface area contributed by atoms with E-state index in [2.05, 4.69) is 15.3 Å². The van der Waals surface area contributed by atoms with Gasteiger partial charge in [-0.1, -0.05) is 6.07 Å². The minimum absolute atomic E-state index is 0.294. The molecule has 2 aromatic rings. The van der Waals surface area contributed by atoms with Gasteiger partial charge in [0.15, 0.2) is 0 Å². The molecule has 1 aliphatic rings. The van der Waals surface area contributed by atoms with E-state index in [4.69, 9.17) is 0 Å². The van der Waals surface area contributed by atoms with Gasteiger partial charge in [0.1, 0.15) is 11.6 Å². The topological polar surface area (TPSA) is 41.1 Å². The number of rotatable bonds is 6. The highest BCUT2D eigenvalue weighted by Crippen LogP contribution is 2.23. The molecule has 0 amide bonds. The van der Waals surface area contributed by atoms with Gasteiger partial charge in [-0.15, -0.1) is 0 Å². The summed E-state index contributed by atoms with van der Waals surface area (Å²) >= 11 is 0. The fourth-order valence-corrected chi connectivity index (χ4v) is 2.30. The normalized spacial score (nSPS) is 14.2. The maximum absolute atomic E-state index is 13.5. The van der Waals surface area contributed by atoms with E-state index in [1.54, 1.807) is 12.3 Å². The molecule has 0 saturated heterocycles. The van der Waals surface area contributed by atoms with Crippen LogP contribution >= 0.6 is 0 Å². The van der Waals surface area contributed by atoms with Crippen LogP contribution in [0.25, 0.3) is 0 Å². The second kappa shape index (κ2) is 6.18. The Kier molecular flexibility index (Phi) is 4.10. The Labute approximate surface area is 124 Å². The first-order valence-electron chi connectivity index (χ1n) is 7.21. The Balaban J connectivity index is 1.75. The van der Waals surface area contributed by atoms with Crippen LogP contribution in [0.15, 0.2) is 36.7 Å². The molecule has 0 unspecified atom stereocenters. The van der Waals surface area contributed by atoms with E-state index in [0.717, 1.165) is 17.1 Å². The average Bonchev–Trinajstić information content (AvgIpc) is 3.30. The Bertz CT molecular complexity index is 598. The van der Waals surface area contributed by atoms with Crippen LogP contribution in [0, 0.1) is 5.82 Å². The summed E-state index contributed by atoms with van der Waals surface area (Å²) in [5, 5.41) is 3.41. The molecular formula is C16H19FN4. The second-order valence-corrected chi connectivity index (χ2v) is 5.47. The van der Waals surface area contributed by atoms with Gasteiger partial charge < -0.3 is 10.2 Å². The molecule has 2 heterocycles. The average molecular weight is 286 g/mol. The van der Waals surface area contributed by atoms with Gasteiger partial charge in [-0.25, -0.2) is 9.37 Å². The summed E-state index contributed by atoms with van der Waals surface area (Å²) in [6.07, 6.45) is 5.46. The van der Waals surface area contributed by atoms with Crippen LogP contribution < -0.4 is 10.2 Å². The van der Waals surface area contributed by atoms with E-state index in [0.29, 0.717) is 19.1 Å². The van der Waals surface area contributed by atoms with E-state index in [9.17, 15) is 4.39 Å². The predicted molar refractivity (Wildman–Crippen MR) is 80.4 cm³/mol. The van der Waals surface area contributed by atoms with Crippen molar-refractivity contribution in [2.75, 3.05) is 11.9 Å². The molecule has 0 aliphatic heterocycles. The van der Waals surface area contributed by atoms with Gasteiger partial charge in [0.25, 0.3) is 0 Å². The minimum atomic E-state index is -0.294. The van der Waals surface area contributed by atoms with E-state index < -0.39 is 0 Å². The van der Waals surface area contributed by atoms with Crippen LogP contribution in [-0.4, -0.2) is 23.1 Å². The SMILES string of the molecule is CN(Cc1ccccn1)c1ncc(F)cc1CNC1CC1. The molecule has 0 radical (unpaired) electrons. The van der Waals surface area contributed by atoms with E-state index >= 15 is 0 Å². The van der Waals surface area contributed by atoms with Gasteiger partial charge in [-0.05, 0) is 31.0 Å². The molecule has 2 aromatic heterocycles. The summed E-state index contributed by atoms with van der Waals surface area (Å²) in [5.74, 6) is 0.507. The van der Waals surface area contributed by atoms with Gasteiger partial charge in [-0.3, -0.25) is 4.98 Å².